The second kappa shape index (κ2) is 6.84. The summed E-state index contributed by atoms with van der Waals surface area (Å²) in [4.78, 5) is 30.8. The lowest BCUT2D eigenvalue weighted by Gasteiger charge is -2.25. The molecule has 0 aliphatic heterocycles. The third kappa shape index (κ3) is 3.42. The normalized spacial score (nSPS) is 12.1. The summed E-state index contributed by atoms with van der Waals surface area (Å²) in [5.74, 6) is -0.547. The van der Waals surface area contributed by atoms with Gasteiger partial charge in [-0.1, -0.05) is 24.3 Å². The topological polar surface area (TPSA) is 55.2 Å². The lowest BCUT2D eigenvalue weighted by molar-refractivity contribution is -0.132. The van der Waals surface area contributed by atoms with Crippen LogP contribution in [0.2, 0.25) is 0 Å². The van der Waals surface area contributed by atoms with Gasteiger partial charge in [0.2, 0.25) is 5.91 Å². The summed E-state index contributed by atoms with van der Waals surface area (Å²) >= 11 is 0. The molecule has 1 aromatic heterocycles. The Kier molecular flexibility index (Phi) is 4.61. The van der Waals surface area contributed by atoms with Gasteiger partial charge in [-0.05, 0) is 36.8 Å². The summed E-state index contributed by atoms with van der Waals surface area (Å²) in [7, 11) is 1.66. The zero-order chi connectivity index (χ0) is 18.0. The monoisotopic (exact) mass is 339 g/mol. The number of carbonyl (C=O) groups is 1. The van der Waals surface area contributed by atoms with Crippen LogP contribution in [0.3, 0.4) is 0 Å². The minimum atomic E-state index is -0.321. The van der Waals surface area contributed by atoms with E-state index in [1.807, 2.05) is 13.0 Å². The van der Waals surface area contributed by atoms with Gasteiger partial charge in [-0.2, -0.15) is 0 Å². The highest BCUT2D eigenvalue weighted by Gasteiger charge is 2.18. The first-order chi connectivity index (χ1) is 12.0. The van der Waals surface area contributed by atoms with Crippen LogP contribution in [0, 0.1) is 5.82 Å². The number of aromatic nitrogens is 2. The van der Waals surface area contributed by atoms with Gasteiger partial charge >= 0.3 is 0 Å². The van der Waals surface area contributed by atoms with Crippen molar-refractivity contribution < 1.29 is 9.18 Å². The van der Waals surface area contributed by atoms with Gasteiger partial charge in [0.25, 0.3) is 5.56 Å². The first-order valence-corrected chi connectivity index (χ1v) is 7.92. The van der Waals surface area contributed by atoms with E-state index < -0.39 is 0 Å². The summed E-state index contributed by atoms with van der Waals surface area (Å²) in [6.45, 7) is 1.76. The van der Waals surface area contributed by atoms with Crippen molar-refractivity contribution in [3.8, 4) is 0 Å². The molecule has 25 heavy (non-hydrogen) atoms. The van der Waals surface area contributed by atoms with Gasteiger partial charge in [0.1, 0.15) is 12.4 Å². The smallest absolute Gasteiger partial charge is 0.261 e. The maximum absolute atomic E-state index is 13.0. The number of halogens is 1. The van der Waals surface area contributed by atoms with E-state index >= 15 is 0 Å². The summed E-state index contributed by atoms with van der Waals surface area (Å²) in [5, 5.41) is 0.479. The zero-order valence-electron chi connectivity index (χ0n) is 14.0. The van der Waals surface area contributed by atoms with Crippen molar-refractivity contribution >= 4 is 16.8 Å². The molecule has 128 valence electrons. The molecule has 0 saturated carbocycles. The molecule has 0 aliphatic carbocycles. The van der Waals surface area contributed by atoms with Crippen LogP contribution in [0.1, 0.15) is 18.5 Å². The summed E-state index contributed by atoms with van der Waals surface area (Å²) in [5.41, 5.74) is 1.17. The van der Waals surface area contributed by atoms with Crippen molar-refractivity contribution in [3.05, 3.63) is 76.6 Å². The second-order valence-electron chi connectivity index (χ2n) is 5.93. The van der Waals surface area contributed by atoms with Crippen LogP contribution in [0.5, 0.6) is 0 Å². The molecule has 0 spiro atoms. The minimum absolute atomic E-state index is 0.0985. The number of fused-ring (bicyclic) bond motifs is 1. The van der Waals surface area contributed by atoms with Crippen LogP contribution >= 0.6 is 0 Å². The lowest BCUT2D eigenvalue weighted by atomic mass is 10.1. The molecule has 1 atom stereocenters. The molecule has 5 nitrogen and oxygen atoms in total. The third-order valence-corrected chi connectivity index (χ3v) is 4.36. The second-order valence-corrected chi connectivity index (χ2v) is 5.93. The van der Waals surface area contributed by atoms with E-state index in [0.29, 0.717) is 10.9 Å². The molecule has 3 aromatic rings. The Bertz CT molecular complexity index is 966. The molecule has 2 aromatic carbocycles. The van der Waals surface area contributed by atoms with E-state index in [0.717, 1.165) is 5.56 Å². The highest BCUT2D eigenvalue weighted by Crippen LogP contribution is 2.19. The largest absolute Gasteiger partial charge is 0.337 e. The number of rotatable bonds is 4. The zero-order valence-corrected chi connectivity index (χ0v) is 14.0. The molecule has 0 aliphatic rings. The van der Waals surface area contributed by atoms with Gasteiger partial charge in [-0.3, -0.25) is 14.2 Å². The predicted molar refractivity (Wildman–Crippen MR) is 93.6 cm³/mol. The summed E-state index contributed by atoms with van der Waals surface area (Å²) < 4.78 is 14.3. The molecule has 1 amide bonds. The fourth-order valence-corrected chi connectivity index (χ4v) is 2.66. The molecule has 1 heterocycles. The molecule has 1 unspecified atom stereocenters. The van der Waals surface area contributed by atoms with E-state index in [1.165, 1.54) is 27.9 Å². The van der Waals surface area contributed by atoms with Crippen molar-refractivity contribution in [2.24, 2.45) is 0 Å². The van der Waals surface area contributed by atoms with Gasteiger partial charge in [0.05, 0.1) is 23.3 Å². The van der Waals surface area contributed by atoms with E-state index in [4.69, 9.17) is 0 Å². The number of hydrogen-bond donors (Lipinski definition) is 0. The van der Waals surface area contributed by atoms with Crippen molar-refractivity contribution in [1.29, 1.82) is 0 Å². The Morgan fingerprint density at radius 3 is 2.60 bits per heavy atom. The Morgan fingerprint density at radius 2 is 1.88 bits per heavy atom. The van der Waals surface area contributed by atoms with E-state index in [-0.39, 0.29) is 29.9 Å². The number of para-hydroxylation sites is 1. The molecule has 3 rings (SSSR count). The Balaban J connectivity index is 1.80. The fraction of sp³-hybridized carbons (Fsp3) is 0.211. The van der Waals surface area contributed by atoms with E-state index in [2.05, 4.69) is 4.98 Å². The molecular weight excluding hydrogens is 321 g/mol. The summed E-state index contributed by atoms with van der Waals surface area (Å²) in [6, 6.07) is 12.8. The van der Waals surface area contributed by atoms with Crippen LogP contribution in [0.15, 0.2) is 59.7 Å². The molecule has 0 N–H and O–H groups in total. The van der Waals surface area contributed by atoms with E-state index in [1.54, 1.807) is 37.4 Å². The van der Waals surface area contributed by atoms with Gasteiger partial charge in [0.15, 0.2) is 0 Å². The molecule has 6 heteroatoms. The average molecular weight is 339 g/mol. The first kappa shape index (κ1) is 16.8. The van der Waals surface area contributed by atoms with Crippen LogP contribution in [0.4, 0.5) is 4.39 Å². The van der Waals surface area contributed by atoms with Crippen molar-refractivity contribution in [2.75, 3.05) is 7.05 Å². The number of nitrogens with zero attached hydrogens (tertiary/aromatic N) is 3. The SMILES string of the molecule is CC(c1ccc(F)cc1)N(C)C(=O)Cn1cnc2ccccc2c1=O. The van der Waals surface area contributed by atoms with Crippen molar-refractivity contribution in [2.45, 2.75) is 19.5 Å². The molecule has 0 bridgehead atoms. The highest BCUT2D eigenvalue weighted by molar-refractivity contribution is 5.79. The lowest BCUT2D eigenvalue weighted by Crippen LogP contribution is -2.35. The quantitative estimate of drug-likeness (QED) is 0.734. The molecule has 0 saturated heterocycles. The minimum Gasteiger partial charge on any atom is -0.337 e. The molecule has 0 fully saturated rings. The van der Waals surface area contributed by atoms with Gasteiger partial charge in [-0.15, -0.1) is 0 Å². The summed E-state index contributed by atoms with van der Waals surface area (Å²) in [6.07, 6.45) is 1.39. The van der Waals surface area contributed by atoms with Gasteiger partial charge in [-0.25, -0.2) is 9.37 Å². The molecular formula is C19H18FN3O2. The van der Waals surface area contributed by atoms with Crippen LogP contribution in [-0.4, -0.2) is 27.4 Å². The van der Waals surface area contributed by atoms with Crippen molar-refractivity contribution in [3.63, 3.8) is 0 Å². The Morgan fingerprint density at radius 1 is 1.20 bits per heavy atom. The average Bonchev–Trinajstić information content (AvgIpc) is 2.63. The van der Waals surface area contributed by atoms with Crippen LogP contribution in [-0.2, 0) is 11.3 Å². The maximum Gasteiger partial charge on any atom is 0.261 e. The van der Waals surface area contributed by atoms with Crippen LogP contribution < -0.4 is 5.56 Å². The number of amides is 1. The number of benzene rings is 2. The van der Waals surface area contributed by atoms with Gasteiger partial charge in [0, 0.05) is 7.05 Å². The van der Waals surface area contributed by atoms with Crippen molar-refractivity contribution in [1.82, 2.24) is 14.5 Å². The third-order valence-electron chi connectivity index (χ3n) is 4.36. The highest BCUT2D eigenvalue weighted by atomic mass is 19.1. The molecule has 0 radical (unpaired) electrons. The van der Waals surface area contributed by atoms with Gasteiger partial charge < -0.3 is 4.90 Å². The number of likely N-dealkylation sites (N-methyl/N-ethyl adjacent to an activating group) is 1. The predicted octanol–water partition coefficient (Wildman–Crippen LogP) is 2.76. The van der Waals surface area contributed by atoms with E-state index in [9.17, 15) is 14.0 Å². The number of hydrogen-bond acceptors (Lipinski definition) is 3. The first-order valence-electron chi connectivity index (χ1n) is 7.92. The van der Waals surface area contributed by atoms with Crippen LogP contribution in [0.25, 0.3) is 10.9 Å². The standard InChI is InChI=1S/C19H18FN3O2/c1-13(14-7-9-15(20)10-8-14)22(2)18(24)11-23-12-21-17-6-4-3-5-16(17)19(23)25/h3-10,12-13H,11H2,1-2H3. The fourth-order valence-electron chi connectivity index (χ4n) is 2.66. The Labute approximate surface area is 144 Å². The Hall–Kier alpha value is -3.02. The number of carbonyl (C=O) groups excluding carboxylic acids is 1. The maximum atomic E-state index is 13.0.